The number of anilines is 1. The minimum absolute atomic E-state index is 0.0746. The average molecular weight is 271 g/mol. The van der Waals surface area contributed by atoms with Gasteiger partial charge in [0.05, 0.1) is 17.1 Å². The molecule has 0 spiro atoms. The second kappa shape index (κ2) is 4.30. The minimum atomic E-state index is -4.55. The van der Waals surface area contributed by atoms with E-state index in [1.54, 1.807) is 0 Å². The minimum Gasteiger partial charge on any atom is -0.545 e. The first kappa shape index (κ1) is 12.9. The summed E-state index contributed by atoms with van der Waals surface area (Å²) in [6, 6.07) is 4.00. The fourth-order valence-electron chi connectivity index (χ4n) is 1.54. The molecule has 0 unspecified atom stereocenters. The van der Waals surface area contributed by atoms with Crippen LogP contribution in [-0.4, -0.2) is 11.1 Å². The number of aromatic carboxylic acids is 1. The lowest BCUT2D eigenvalue weighted by molar-refractivity contribution is -0.254. The fraction of sp³-hybridized carbons (Fsp3) is 0.0909. The summed E-state index contributed by atoms with van der Waals surface area (Å²) in [5, 5.41) is 14.2. The standard InChI is InChI=1S/C11H7F3N2O3/c12-11(13,14)6-3-1-2-5(4-6)8-7(10(17)18)9(15)19-16-8/h1-4H,15H2,(H,17,18)/p-1. The monoisotopic (exact) mass is 271 g/mol. The van der Waals surface area contributed by atoms with Crippen LogP contribution in [0.3, 0.4) is 0 Å². The number of nitrogens with two attached hydrogens (primary N) is 1. The molecule has 0 saturated heterocycles. The van der Waals surface area contributed by atoms with Crippen molar-refractivity contribution in [3.63, 3.8) is 0 Å². The number of hydrogen-bond acceptors (Lipinski definition) is 5. The molecule has 1 aromatic carbocycles. The van der Waals surface area contributed by atoms with Gasteiger partial charge in [0.2, 0.25) is 5.88 Å². The summed E-state index contributed by atoms with van der Waals surface area (Å²) in [6.45, 7) is 0. The molecule has 19 heavy (non-hydrogen) atoms. The van der Waals surface area contributed by atoms with Crippen molar-refractivity contribution in [1.82, 2.24) is 5.16 Å². The van der Waals surface area contributed by atoms with Crippen molar-refractivity contribution >= 4 is 11.9 Å². The van der Waals surface area contributed by atoms with Crippen molar-refractivity contribution in [2.24, 2.45) is 0 Å². The Bertz CT molecular complexity index is 634. The summed E-state index contributed by atoms with van der Waals surface area (Å²) in [5.41, 5.74) is 3.35. The Morgan fingerprint density at radius 1 is 1.37 bits per heavy atom. The molecule has 1 heterocycles. The molecule has 0 radical (unpaired) electrons. The fourth-order valence-corrected chi connectivity index (χ4v) is 1.54. The Hall–Kier alpha value is -2.51. The number of carbonyl (C=O) groups is 1. The highest BCUT2D eigenvalue weighted by atomic mass is 19.4. The van der Waals surface area contributed by atoms with Crippen LogP contribution in [0.15, 0.2) is 28.8 Å². The molecule has 0 saturated carbocycles. The summed E-state index contributed by atoms with van der Waals surface area (Å²) in [4.78, 5) is 10.8. The maximum atomic E-state index is 12.6. The maximum absolute atomic E-state index is 12.6. The average Bonchev–Trinajstić information content (AvgIpc) is 2.70. The van der Waals surface area contributed by atoms with Gasteiger partial charge in [0.25, 0.3) is 0 Å². The first-order valence-corrected chi connectivity index (χ1v) is 4.95. The molecule has 100 valence electrons. The number of carboxylic acid groups (broad SMARTS) is 1. The lowest BCUT2D eigenvalue weighted by Gasteiger charge is -2.08. The Morgan fingerprint density at radius 2 is 2.05 bits per heavy atom. The van der Waals surface area contributed by atoms with Crippen LogP contribution in [-0.2, 0) is 6.18 Å². The lowest BCUT2D eigenvalue weighted by Crippen LogP contribution is -2.23. The number of nitrogen functional groups attached to an aromatic ring is 1. The van der Waals surface area contributed by atoms with Crippen LogP contribution < -0.4 is 10.8 Å². The molecular weight excluding hydrogens is 265 g/mol. The van der Waals surface area contributed by atoms with E-state index in [1.807, 2.05) is 0 Å². The third-order valence-electron chi connectivity index (χ3n) is 2.39. The number of rotatable bonds is 2. The molecule has 8 heteroatoms. The molecule has 0 bridgehead atoms. The molecule has 0 fully saturated rings. The predicted molar refractivity (Wildman–Crippen MR) is 55.7 cm³/mol. The Morgan fingerprint density at radius 3 is 2.63 bits per heavy atom. The highest BCUT2D eigenvalue weighted by Crippen LogP contribution is 2.33. The molecule has 0 aliphatic carbocycles. The van der Waals surface area contributed by atoms with Gasteiger partial charge in [-0.3, -0.25) is 0 Å². The summed E-state index contributed by atoms with van der Waals surface area (Å²) >= 11 is 0. The third-order valence-corrected chi connectivity index (χ3v) is 2.39. The predicted octanol–water partition coefficient (Wildman–Crippen LogP) is 1.31. The third kappa shape index (κ3) is 2.37. The summed E-state index contributed by atoms with van der Waals surface area (Å²) in [6.07, 6.45) is -4.55. The van der Waals surface area contributed by atoms with Crippen LogP contribution in [0.5, 0.6) is 0 Å². The van der Waals surface area contributed by atoms with Gasteiger partial charge in [0.1, 0.15) is 5.69 Å². The van der Waals surface area contributed by atoms with Gasteiger partial charge >= 0.3 is 6.18 Å². The van der Waals surface area contributed by atoms with E-state index < -0.39 is 29.2 Å². The van der Waals surface area contributed by atoms with Gasteiger partial charge in [-0.1, -0.05) is 17.3 Å². The number of alkyl halides is 3. The van der Waals surface area contributed by atoms with E-state index in [0.717, 1.165) is 18.2 Å². The highest BCUT2D eigenvalue weighted by Gasteiger charge is 2.31. The second-order valence-electron chi connectivity index (χ2n) is 3.64. The topological polar surface area (TPSA) is 92.2 Å². The van der Waals surface area contributed by atoms with Gasteiger partial charge in [0.15, 0.2) is 0 Å². The number of carboxylic acids is 1. The molecule has 2 N–H and O–H groups in total. The van der Waals surface area contributed by atoms with Crippen LogP contribution >= 0.6 is 0 Å². The van der Waals surface area contributed by atoms with Crippen molar-refractivity contribution in [3.05, 3.63) is 35.4 Å². The van der Waals surface area contributed by atoms with Crippen LogP contribution in [0.25, 0.3) is 11.3 Å². The van der Waals surface area contributed by atoms with Crippen molar-refractivity contribution in [1.29, 1.82) is 0 Å². The maximum Gasteiger partial charge on any atom is 0.416 e. The number of benzene rings is 1. The summed E-state index contributed by atoms with van der Waals surface area (Å²) in [7, 11) is 0. The molecule has 1 aromatic heterocycles. The largest absolute Gasteiger partial charge is 0.545 e. The molecule has 0 aliphatic heterocycles. The lowest BCUT2D eigenvalue weighted by atomic mass is 10.0. The van der Waals surface area contributed by atoms with E-state index in [4.69, 9.17) is 5.73 Å². The smallest absolute Gasteiger partial charge is 0.416 e. The normalized spacial score (nSPS) is 11.5. The number of halogens is 3. The van der Waals surface area contributed by atoms with E-state index in [1.165, 1.54) is 6.07 Å². The van der Waals surface area contributed by atoms with E-state index in [0.29, 0.717) is 0 Å². The molecule has 2 aromatic rings. The molecule has 0 atom stereocenters. The zero-order valence-electron chi connectivity index (χ0n) is 9.19. The number of carbonyl (C=O) groups excluding carboxylic acids is 1. The van der Waals surface area contributed by atoms with Gasteiger partial charge in [0, 0.05) is 5.56 Å². The zero-order valence-corrected chi connectivity index (χ0v) is 9.19. The first-order chi connectivity index (χ1) is 8.80. The van der Waals surface area contributed by atoms with Crippen LogP contribution in [0, 0.1) is 0 Å². The second-order valence-corrected chi connectivity index (χ2v) is 3.64. The van der Waals surface area contributed by atoms with Gasteiger partial charge in [-0.05, 0) is 12.1 Å². The van der Waals surface area contributed by atoms with Crippen LogP contribution in [0.4, 0.5) is 19.1 Å². The van der Waals surface area contributed by atoms with E-state index >= 15 is 0 Å². The summed E-state index contributed by atoms with van der Waals surface area (Å²) < 4.78 is 42.1. The van der Waals surface area contributed by atoms with Gasteiger partial charge in [-0.25, -0.2) is 0 Å². The highest BCUT2D eigenvalue weighted by molar-refractivity contribution is 5.97. The van der Waals surface area contributed by atoms with E-state index in [9.17, 15) is 23.1 Å². The first-order valence-electron chi connectivity index (χ1n) is 4.95. The number of hydrogen-bond donors (Lipinski definition) is 1. The van der Waals surface area contributed by atoms with Gasteiger partial charge < -0.3 is 20.2 Å². The quantitative estimate of drug-likeness (QED) is 0.888. The van der Waals surface area contributed by atoms with Crippen molar-refractivity contribution in [2.45, 2.75) is 6.18 Å². The number of aromatic nitrogens is 1. The molecule has 0 amide bonds. The van der Waals surface area contributed by atoms with Gasteiger partial charge in [-0.15, -0.1) is 0 Å². The molecule has 5 nitrogen and oxygen atoms in total. The Labute approximate surface area is 104 Å². The summed E-state index contributed by atoms with van der Waals surface area (Å²) in [5.74, 6) is -2.20. The molecule has 2 rings (SSSR count). The van der Waals surface area contributed by atoms with Crippen molar-refractivity contribution in [3.8, 4) is 11.3 Å². The molecule has 0 aliphatic rings. The van der Waals surface area contributed by atoms with Crippen molar-refractivity contribution in [2.75, 3.05) is 5.73 Å². The van der Waals surface area contributed by atoms with Crippen molar-refractivity contribution < 1.29 is 27.6 Å². The zero-order chi connectivity index (χ0) is 14.2. The SMILES string of the molecule is Nc1onc(-c2cccc(C(F)(F)F)c2)c1C(=O)[O-]. The Kier molecular flexibility index (Phi) is 2.93. The van der Waals surface area contributed by atoms with Gasteiger partial charge in [-0.2, -0.15) is 13.2 Å². The van der Waals surface area contributed by atoms with Crippen LogP contribution in [0.2, 0.25) is 0 Å². The Balaban J connectivity index is 2.57. The van der Waals surface area contributed by atoms with E-state index in [2.05, 4.69) is 9.68 Å². The number of nitrogens with zero attached hydrogens (tertiary/aromatic N) is 1. The molecular formula is C11H6F3N2O3-. The van der Waals surface area contributed by atoms with Crippen LogP contribution in [0.1, 0.15) is 15.9 Å². The van der Waals surface area contributed by atoms with E-state index in [-0.39, 0.29) is 11.3 Å².